The highest BCUT2D eigenvalue weighted by atomic mass is 35.5. The molecule has 20 heteroatoms. The van der Waals surface area contributed by atoms with Crippen LogP contribution in [0.15, 0.2) is 87.0 Å². The number of nitrogens with one attached hydrogen (secondary N) is 1. The summed E-state index contributed by atoms with van der Waals surface area (Å²) < 4.78 is 52.0. The summed E-state index contributed by atoms with van der Waals surface area (Å²) in [4.78, 5) is 32.0. The van der Waals surface area contributed by atoms with Gasteiger partial charge in [-0.2, -0.15) is 0 Å². The number of ketones is 1. The van der Waals surface area contributed by atoms with Crippen molar-refractivity contribution in [3.63, 3.8) is 0 Å². The fourth-order valence-corrected chi connectivity index (χ4v) is 7.81. The number of carbonyl (C=O) groups excluding carboxylic acids is 2. The van der Waals surface area contributed by atoms with E-state index in [1.54, 1.807) is 44.2 Å². The maximum atomic E-state index is 12.6. The third-order valence-corrected chi connectivity index (χ3v) is 13.1. The summed E-state index contributed by atoms with van der Waals surface area (Å²) in [5.74, 6) is -1.70. The average Bonchev–Trinajstić information content (AvgIpc) is 3.73. The molecule has 0 aliphatic carbocycles. The number of nitrogens with zero attached hydrogens (tertiary/aromatic N) is 4. The number of aliphatic hydroxyl groups excluding tert-OH is 2. The van der Waals surface area contributed by atoms with Crippen molar-refractivity contribution in [1.82, 2.24) is 15.5 Å². The second-order valence-electron chi connectivity index (χ2n) is 14.6. The van der Waals surface area contributed by atoms with Gasteiger partial charge in [0.2, 0.25) is 29.1 Å². The maximum Gasteiger partial charge on any atom is 0.247 e. The smallest absolute Gasteiger partial charge is 0.247 e. The van der Waals surface area contributed by atoms with E-state index in [1.807, 2.05) is 19.7 Å². The molecule has 64 heavy (non-hydrogen) atoms. The molecular weight excluding hydrogens is 941 g/mol. The number of hydrogen-bond donors (Lipinski definition) is 3. The molecule has 0 spiro atoms. The van der Waals surface area contributed by atoms with Crippen LogP contribution in [0.1, 0.15) is 58.3 Å². The van der Waals surface area contributed by atoms with Gasteiger partial charge in [0, 0.05) is 23.6 Å². The zero-order valence-electron chi connectivity index (χ0n) is 35.8. The van der Waals surface area contributed by atoms with Gasteiger partial charge in [0.15, 0.2) is 25.5 Å². The van der Waals surface area contributed by atoms with Gasteiger partial charge in [-0.05, 0) is 113 Å². The quantitative estimate of drug-likeness (QED) is 0.0545. The Morgan fingerprint density at radius 2 is 1.23 bits per heavy atom. The molecule has 1 heterocycles. The molecule has 0 fully saturated rings. The largest absolute Gasteiger partial charge is 0.420 e. The number of Topliss-reactive ketones (excluding diaryl/α,β-unsaturated/α-hetero) is 1. The zero-order valence-corrected chi connectivity index (χ0v) is 40.7. The first-order valence-electron chi connectivity index (χ1n) is 19.1. The van der Waals surface area contributed by atoms with Crippen LogP contribution in [0.3, 0.4) is 0 Å². The molecule has 0 saturated carbocycles. The van der Waals surface area contributed by atoms with E-state index in [-0.39, 0.29) is 40.1 Å². The van der Waals surface area contributed by atoms with Gasteiger partial charge in [0.25, 0.3) is 0 Å². The summed E-state index contributed by atoms with van der Waals surface area (Å²) in [6.07, 6.45) is 1.04. The van der Waals surface area contributed by atoms with Crippen molar-refractivity contribution in [3.05, 3.63) is 139 Å². The summed E-state index contributed by atoms with van der Waals surface area (Å²) >= 11 is 16.8. The molecule has 5 aromatic rings. The van der Waals surface area contributed by atoms with Gasteiger partial charge < -0.3 is 19.9 Å². The molecule has 0 aliphatic rings. The minimum atomic E-state index is -3.37. The predicted molar refractivity (Wildman–Crippen MR) is 252 cm³/mol. The third-order valence-electron chi connectivity index (χ3n) is 9.89. The Morgan fingerprint density at radius 1 is 0.781 bits per heavy atom. The first-order chi connectivity index (χ1) is 30.0. The summed E-state index contributed by atoms with van der Waals surface area (Å²) in [5.41, 5.74) is 4.56. The van der Waals surface area contributed by atoms with E-state index in [0.717, 1.165) is 36.6 Å². The lowest BCUT2D eigenvalue weighted by Gasteiger charge is -2.21. The van der Waals surface area contributed by atoms with Crippen molar-refractivity contribution in [2.24, 2.45) is 5.92 Å². The predicted octanol–water partition coefficient (Wildman–Crippen LogP) is 8.53. The number of benzene rings is 4. The van der Waals surface area contributed by atoms with E-state index in [2.05, 4.69) is 37.0 Å². The normalized spacial score (nSPS) is 13.1. The number of hydrogen-bond acceptors (Lipinski definition) is 12. The van der Waals surface area contributed by atoms with Gasteiger partial charge >= 0.3 is 0 Å². The molecule has 1 amide bonds. The Morgan fingerprint density at radius 3 is 1.66 bits per heavy atom. The summed E-state index contributed by atoms with van der Waals surface area (Å²) in [6.45, 7) is 22.6. The van der Waals surface area contributed by atoms with Crippen molar-refractivity contribution in [2.75, 3.05) is 25.7 Å². The van der Waals surface area contributed by atoms with E-state index in [1.165, 1.54) is 43.3 Å². The number of halogens is 2. The van der Waals surface area contributed by atoms with Crippen LogP contribution in [-0.2, 0) is 49.1 Å². The second-order valence-corrected chi connectivity index (χ2v) is 20.8. The summed E-state index contributed by atoms with van der Waals surface area (Å²) in [6, 6.07) is 18.3. The molecule has 1 aromatic heterocycles. The highest BCUT2D eigenvalue weighted by Gasteiger charge is 2.27. The lowest BCUT2D eigenvalue weighted by atomic mass is 9.91. The van der Waals surface area contributed by atoms with Crippen LogP contribution in [0.2, 0.25) is 10.0 Å². The lowest BCUT2D eigenvalue weighted by molar-refractivity contribution is -0.127. The minimum absolute atomic E-state index is 0.0977. The number of amides is 1. The molecular formula is C44H46Cl2N5O9PS3. The highest BCUT2D eigenvalue weighted by Crippen LogP contribution is 2.35. The molecule has 14 nitrogen and oxygen atoms in total. The van der Waals surface area contributed by atoms with Gasteiger partial charge in [-0.3, -0.25) is 9.59 Å². The Labute approximate surface area is 390 Å². The van der Waals surface area contributed by atoms with Gasteiger partial charge in [-0.15, -0.1) is 10.2 Å². The zero-order chi connectivity index (χ0) is 48.1. The number of carbonyl (C=O) groups is 2. The standard InChI is InChI=1S/C22H23ClN2O5S.C21H20ClN3O4S.CH3PS/c1-13-16(7-10-19(24-3)21(13)23)11-18(14(2)26)22(28)25-12-20(27)15-5-8-17(9-6-15)31(4,29)30;1-12-15(7-10-18(23-3)19(12)22)11-17(13(2)26)21-25-24-20(29-21)14-5-8-16(9-6-14)30(4,27)28;1-2-3/h5-10,14,18,26H,11-12H2,1-2,4H3,(H,25,28);5-10,13,17,26H,11H2,1-2,4H3;1H3/t14-,18-;13-,17-;/m11./s1. The van der Waals surface area contributed by atoms with Crippen LogP contribution < -0.4 is 5.32 Å². The second kappa shape index (κ2) is 23.8. The molecule has 3 N–H and O–H groups in total. The van der Waals surface area contributed by atoms with Crippen LogP contribution in [0, 0.1) is 32.9 Å². The molecule has 338 valence electrons. The van der Waals surface area contributed by atoms with Crippen LogP contribution in [0.4, 0.5) is 11.4 Å². The maximum absolute atomic E-state index is 12.6. The topological polar surface area (TPSA) is 203 Å². The average molecular weight is 987 g/mol. The highest BCUT2D eigenvalue weighted by molar-refractivity contribution is 7.96. The molecule has 5 rings (SSSR count). The Balaban J connectivity index is 0.000000321. The van der Waals surface area contributed by atoms with Gasteiger partial charge in [-0.1, -0.05) is 71.4 Å². The van der Waals surface area contributed by atoms with E-state index in [4.69, 9.17) is 40.8 Å². The van der Waals surface area contributed by atoms with Crippen LogP contribution in [0.5, 0.6) is 0 Å². The van der Waals surface area contributed by atoms with Crippen molar-refractivity contribution in [3.8, 4) is 11.5 Å². The molecule has 0 unspecified atom stereocenters. The SMILES string of the molecule is CP=S.[C-]#[N+]c1ccc(C[C@@H](C(=O)NCC(=O)c2ccc(S(C)(=O)=O)cc2)[C@@H](C)O)c(C)c1Cl.[C-]#[N+]c1ccc(C[C@@H](c2nnc(-c3ccc(S(C)(=O)=O)cc3)o2)[C@@H](C)O)c(C)c1Cl. The van der Waals surface area contributed by atoms with Crippen LogP contribution in [0.25, 0.3) is 21.1 Å². The molecule has 0 bridgehead atoms. The first kappa shape index (κ1) is 53.4. The Hall–Kier alpha value is -4.94. The molecule has 0 saturated heterocycles. The summed E-state index contributed by atoms with van der Waals surface area (Å²) in [5, 5.41) is 31.8. The van der Waals surface area contributed by atoms with E-state index in [0.29, 0.717) is 39.0 Å². The van der Waals surface area contributed by atoms with Gasteiger partial charge in [-0.25, -0.2) is 26.5 Å². The minimum Gasteiger partial charge on any atom is -0.420 e. The molecule has 0 radical (unpaired) electrons. The Bertz CT molecular complexity index is 2790. The van der Waals surface area contributed by atoms with E-state index >= 15 is 0 Å². The van der Waals surface area contributed by atoms with Crippen molar-refractivity contribution >= 4 is 85.1 Å². The molecule has 4 aromatic carbocycles. The fraction of sp³-hybridized carbons (Fsp3) is 0.318. The van der Waals surface area contributed by atoms with Gasteiger partial charge in [0.1, 0.15) is 0 Å². The first-order valence-corrected chi connectivity index (χ1v) is 26.0. The van der Waals surface area contributed by atoms with E-state index < -0.39 is 55.4 Å². The monoisotopic (exact) mass is 985 g/mol. The van der Waals surface area contributed by atoms with Gasteiger partial charge in [0.05, 0.1) is 63.6 Å². The lowest BCUT2D eigenvalue weighted by Crippen LogP contribution is -2.40. The third kappa shape index (κ3) is 14.5. The Kier molecular flexibility index (Phi) is 19.9. The summed E-state index contributed by atoms with van der Waals surface area (Å²) in [7, 11) is -5.66. The number of aliphatic hydroxyl groups is 2. The van der Waals surface area contributed by atoms with Crippen molar-refractivity contribution in [1.29, 1.82) is 0 Å². The van der Waals surface area contributed by atoms with E-state index in [9.17, 15) is 36.6 Å². The molecule has 4 atom stereocenters. The fourth-order valence-electron chi connectivity index (χ4n) is 6.09. The number of aromatic nitrogens is 2. The van der Waals surface area contributed by atoms with Crippen molar-refractivity contribution in [2.45, 2.75) is 68.5 Å². The number of rotatable bonds is 14. The van der Waals surface area contributed by atoms with Crippen LogP contribution >= 0.6 is 30.6 Å². The molecule has 0 aliphatic heterocycles. The van der Waals surface area contributed by atoms with Crippen LogP contribution in [-0.4, -0.2) is 86.9 Å². The van der Waals surface area contributed by atoms with Crippen molar-refractivity contribution < 1.29 is 41.1 Å². The number of sulfone groups is 2.